The topological polar surface area (TPSA) is 119 Å². The average molecular weight is 765 g/mol. The molecule has 3 aliphatic rings. The molecule has 1 heterocycles. The summed E-state index contributed by atoms with van der Waals surface area (Å²) in [5, 5.41) is 24.5. The molecule has 0 spiro atoms. The van der Waals surface area contributed by atoms with Gasteiger partial charge < -0.3 is 34.0 Å². The third-order valence-electron chi connectivity index (χ3n) is 10.8. The van der Waals surface area contributed by atoms with Gasteiger partial charge >= 0.3 is 6.09 Å². The Balaban J connectivity index is 1.77. The van der Waals surface area contributed by atoms with Crippen molar-refractivity contribution in [3.05, 3.63) is 83.7 Å². The molecule has 1 fully saturated rings. The predicted molar refractivity (Wildman–Crippen MR) is 211 cm³/mol. The van der Waals surface area contributed by atoms with Crippen molar-refractivity contribution in [3.8, 4) is 11.5 Å². The van der Waals surface area contributed by atoms with Crippen LogP contribution in [0.2, 0.25) is 0 Å². The molecule has 0 saturated heterocycles. The molecule has 10 nitrogen and oxygen atoms in total. The number of amides is 1. The SMILES string of the molecule is C=CCO[C@@]12Oc3ccc(OCc4ccccc4F)cc3[C@H]3[C@H](CCCCO)[C@@H](CCCCO)C=C(C(=NOC(C)(C)C)C[C@@H]1N(CCC)C(=O)OCC)[C@H]32. The van der Waals surface area contributed by atoms with Gasteiger partial charge in [-0.25, -0.2) is 9.18 Å². The Morgan fingerprint density at radius 2 is 1.84 bits per heavy atom. The summed E-state index contributed by atoms with van der Waals surface area (Å²) < 4.78 is 40.8. The third kappa shape index (κ3) is 9.73. The maximum Gasteiger partial charge on any atom is 0.410 e. The maximum absolute atomic E-state index is 14.6. The van der Waals surface area contributed by atoms with E-state index in [9.17, 15) is 19.4 Å². The number of allylic oxidation sites excluding steroid dienone is 1. The number of aliphatic hydroxyl groups excluding tert-OH is 2. The highest BCUT2D eigenvalue weighted by Gasteiger charge is 2.65. The van der Waals surface area contributed by atoms with Gasteiger partial charge in [0.1, 0.15) is 35.6 Å². The minimum Gasteiger partial charge on any atom is -0.489 e. The number of ether oxygens (including phenoxy) is 4. The van der Waals surface area contributed by atoms with Gasteiger partial charge in [0, 0.05) is 43.2 Å². The fraction of sp³-hybridized carbons (Fsp3) is 0.591. The second-order valence-corrected chi connectivity index (χ2v) is 15.7. The number of rotatable bonds is 19. The Morgan fingerprint density at radius 3 is 2.51 bits per heavy atom. The first kappa shape index (κ1) is 42.2. The number of aliphatic hydroxyl groups is 2. The van der Waals surface area contributed by atoms with E-state index in [1.807, 2.05) is 45.9 Å². The van der Waals surface area contributed by atoms with Crippen molar-refractivity contribution in [1.29, 1.82) is 0 Å². The molecule has 11 heteroatoms. The monoisotopic (exact) mass is 764 g/mol. The first-order chi connectivity index (χ1) is 26.5. The molecule has 1 saturated carbocycles. The van der Waals surface area contributed by atoms with Crippen LogP contribution in [0.5, 0.6) is 11.5 Å². The maximum atomic E-state index is 14.6. The summed E-state index contributed by atoms with van der Waals surface area (Å²) in [5.74, 6) is -1.05. The van der Waals surface area contributed by atoms with Crippen molar-refractivity contribution < 1.29 is 43.2 Å². The standard InChI is InChI=1S/C44H61FN2O8/c1-7-22-47(42(50)51-9-3)39-28-37(46-55-43(4,5)6)34-26-30(16-12-14-23-48)33(18-13-15-24-49)40-35-27-32(52-29-31-17-10-11-19-36(31)45)20-21-38(35)54-44(39,41(34)40)53-25-8-2/h8,10-11,17,19-21,26-27,30,33,39-41,48-49H,2,7,9,12-16,18,22-25,28-29H2,1,3-6H3/t30-,33+,39-,40+,41+,44+/m0/s1. The third-order valence-corrected chi connectivity index (χ3v) is 10.8. The van der Waals surface area contributed by atoms with Crippen LogP contribution in [0.25, 0.3) is 0 Å². The van der Waals surface area contributed by atoms with Crippen LogP contribution in [-0.2, 0) is 20.9 Å². The molecule has 2 aromatic carbocycles. The van der Waals surface area contributed by atoms with Crippen molar-refractivity contribution >= 4 is 11.8 Å². The fourth-order valence-electron chi connectivity index (χ4n) is 8.53. The highest BCUT2D eigenvalue weighted by molar-refractivity contribution is 6.03. The number of carbonyl (C=O) groups excluding carboxylic acids is 1. The zero-order valence-corrected chi connectivity index (χ0v) is 33.3. The second kappa shape index (κ2) is 19.3. The van der Waals surface area contributed by atoms with E-state index in [-0.39, 0.29) is 56.6 Å². The van der Waals surface area contributed by atoms with Crippen molar-refractivity contribution in [2.75, 3.05) is 33.0 Å². The number of fused-ring (bicyclic) bond motifs is 2. The lowest BCUT2D eigenvalue weighted by Gasteiger charge is -2.60. The van der Waals surface area contributed by atoms with Crippen LogP contribution in [0.4, 0.5) is 9.18 Å². The van der Waals surface area contributed by atoms with Crippen LogP contribution >= 0.6 is 0 Å². The summed E-state index contributed by atoms with van der Waals surface area (Å²) in [6.45, 7) is 14.7. The van der Waals surface area contributed by atoms with Crippen molar-refractivity contribution in [2.24, 2.45) is 22.9 Å². The number of nitrogens with zero attached hydrogens (tertiary/aromatic N) is 2. The summed E-state index contributed by atoms with van der Waals surface area (Å²) in [6.07, 6.45) is 9.11. The lowest BCUT2D eigenvalue weighted by Crippen LogP contribution is -2.70. The van der Waals surface area contributed by atoms with E-state index in [0.717, 1.165) is 42.5 Å². The van der Waals surface area contributed by atoms with Crippen LogP contribution in [0.1, 0.15) is 103 Å². The van der Waals surface area contributed by atoms with Crippen molar-refractivity contribution in [2.45, 2.75) is 116 Å². The van der Waals surface area contributed by atoms with E-state index < -0.39 is 29.4 Å². The molecule has 1 amide bonds. The zero-order chi connectivity index (χ0) is 39.6. The van der Waals surface area contributed by atoms with E-state index in [2.05, 4.69) is 12.7 Å². The highest BCUT2D eigenvalue weighted by atomic mass is 19.1. The van der Waals surface area contributed by atoms with E-state index >= 15 is 0 Å². The highest BCUT2D eigenvalue weighted by Crippen LogP contribution is 2.62. The van der Waals surface area contributed by atoms with Gasteiger partial charge in [-0.2, -0.15) is 0 Å². The average Bonchev–Trinajstić information content (AvgIpc) is 3.16. The van der Waals surface area contributed by atoms with Crippen LogP contribution in [0.3, 0.4) is 0 Å². The van der Waals surface area contributed by atoms with Gasteiger partial charge in [-0.1, -0.05) is 55.3 Å². The summed E-state index contributed by atoms with van der Waals surface area (Å²) in [4.78, 5) is 21.8. The molecule has 2 N–H and O–H groups in total. The Morgan fingerprint density at radius 1 is 1.09 bits per heavy atom. The Hall–Kier alpha value is -3.93. The minimum atomic E-state index is -1.37. The van der Waals surface area contributed by atoms with E-state index in [1.54, 1.807) is 36.1 Å². The van der Waals surface area contributed by atoms with E-state index in [4.69, 9.17) is 28.9 Å². The zero-order valence-electron chi connectivity index (χ0n) is 33.3. The largest absolute Gasteiger partial charge is 0.489 e. The van der Waals surface area contributed by atoms with E-state index in [0.29, 0.717) is 49.3 Å². The number of hydrogen-bond acceptors (Lipinski definition) is 9. The quantitative estimate of drug-likeness (QED) is 0.0829. The number of oxime groups is 1. The Kier molecular flexibility index (Phi) is 14.8. The second-order valence-electron chi connectivity index (χ2n) is 15.7. The van der Waals surface area contributed by atoms with Gasteiger partial charge in [-0.15, -0.1) is 6.58 Å². The number of benzene rings is 2. The molecule has 1 aliphatic heterocycles. The minimum absolute atomic E-state index is 0.0518. The van der Waals surface area contributed by atoms with Gasteiger partial charge in [0.2, 0.25) is 5.79 Å². The molecule has 6 atom stereocenters. The summed E-state index contributed by atoms with van der Waals surface area (Å²) in [5.41, 5.74) is 2.47. The van der Waals surface area contributed by atoms with Gasteiger partial charge in [0.05, 0.1) is 24.8 Å². The molecule has 5 rings (SSSR count). The molecule has 0 radical (unpaired) electrons. The molecular weight excluding hydrogens is 703 g/mol. The van der Waals surface area contributed by atoms with Crippen molar-refractivity contribution in [1.82, 2.24) is 4.90 Å². The normalized spacial score (nSPS) is 24.9. The Bertz CT molecular complexity index is 1660. The van der Waals surface area contributed by atoms with Crippen LogP contribution in [-0.4, -0.2) is 77.3 Å². The van der Waals surface area contributed by atoms with Crippen LogP contribution in [0.15, 0.2) is 71.9 Å². The Labute approximate surface area is 326 Å². The molecule has 0 bridgehead atoms. The smallest absolute Gasteiger partial charge is 0.410 e. The summed E-state index contributed by atoms with van der Waals surface area (Å²) in [6, 6.07) is 11.6. The van der Waals surface area contributed by atoms with Gasteiger partial charge in [0.25, 0.3) is 0 Å². The summed E-state index contributed by atoms with van der Waals surface area (Å²) >= 11 is 0. The molecule has 0 aromatic heterocycles. The molecule has 0 unspecified atom stereocenters. The number of carbonyl (C=O) groups is 1. The molecular formula is C44H61FN2O8. The van der Waals surface area contributed by atoms with Gasteiger partial charge in [0.15, 0.2) is 0 Å². The van der Waals surface area contributed by atoms with Gasteiger partial charge in [-0.3, -0.25) is 4.90 Å². The molecule has 2 aromatic rings. The first-order valence-corrected chi connectivity index (χ1v) is 20.1. The first-order valence-electron chi connectivity index (χ1n) is 20.1. The van der Waals surface area contributed by atoms with Gasteiger partial charge in [-0.05, 0) is 101 Å². The van der Waals surface area contributed by atoms with Crippen molar-refractivity contribution in [3.63, 3.8) is 0 Å². The number of unbranched alkanes of at least 4 members (excludes halogenated alkanes) is 2. The van der Waals surface area contributed by atoms with Crippen LogP contribution in [0, 0.1) is 23.6 Å². The lowest BCUT2D eigenvalue weighted by molar-refractivity contribution is -0.255. The number of halogens is 1. The van der Waals surface area contributed by atoms with Crippen LogP contribution < -0.4 is 9.47 Å². The molecule has 55 heavy (non-hydrogen) atoms. The number of hydrogen-bond donors (Lipinski definition) is 2. The molecule has 2 aliphatic carbocycles. The van der Waals surface area contributed by atoms with E-state index in [1.165, 1.54) is 6.07 Å². The lowest BCUT2D eigenvalue weighted by atomic mass is 9.55. The molecule has 302 valence electrons. The fourth-order valence-corrected chi connectivity index (χ4v) is 8.53. The summed E-state index contributed by atoms with van der Waals surface area (Å²) in [7, 11) is 0. The predicted octanol–water partition coefficient (Wildman–Crippen LogP) is 8.71.